The summed E-state index contributed by atoms with van der Waals surface area (Å²) in [5, 5.41) is 12.6. The first-order chi connectivity index (χ1) is 8.42. The molecule has 1 rings (SSSR count). The van der Waals surface area contributed by atoms with Crippen molar-refractivity contribution in [3.63, 3.8) is 0 Å². The van der Waals surface area contributed by atoms with Crippen molar-refractivity contribution in [3.8, 4) is 11.5 Å². The topological polar surface area (TPSA) is 87.7 Å². The van der Waals surface area contributed by atoms with Crippen LogP contribution >= 0.6 is 0 Å². The highest BCUT2D eigenvalue weighted by atomic mass is 32.2. The average Bonchev–Trinajstić information content (AvgIpc) is 2.27. The Kier molecular flexibility index (Phi) is 5.39. The van der Waals surface area contributed by atoms with E-state index in [2.05, 4.69) is 10.0 Å². The fourth-order valence-electron chi connectivity index (χ4n) is 1.40. The molecule has 0 fully saturated rings. The van der Waals surface area contributed by atoms with Crippen LogP contribution in [0.25, 0.3) is 0 Å². The van der Waals surface area contributed by atoms with Crippen LogP contribution in [0.4, 0.5) is 0 Å². The van der Waals surface area contributed by atoms with Crippen LogP contribution in [0.2, 0.25) is 0 Å². The van der Waals surface area contributed by atoms with Crippen molar-refractivity contribution in [1.82, 2.24) is 10.0 Å². The lowest BCUT2D eigenvalue weighted by molar-refractivity contribution is 0.373. The summed E-state index contributed by atoms with van der Waals surface area (Å²) in [4.78, 5) is 0. The summed E-state index contributed by atoms with van der Waals surface area (Å²) in [6.45, 7) is 1.39. The van der Waals surface area contributed by atoms with E-state index in [4.69, 9.17) is 4.74 Å². The van der Waals surface area contributed by atoms with E-state index in [0.717, 1.165) is 11.8 Å². The molecule has 0 saturated heterocycles. The van der Waals surface area contributed by atoms with E-state index in [1.165, 1.54) is 7.11 Å². The highest BCUT2D eigenvalue weighted by Gasteiger charge is 2.02. The first-order valence-corrected chi connectivity index (χ1v) is 7.33. The van der Waals surface area contributed by atoms with Gasteiger partial charge in [0.05, 0.1) is 13.4 Å². The molecule has 0 heterocycles. The number of rotatable bonds is 7. The van der Waals surface area contributed by atoms with Crippen LogP contribution in [0.3, 0.4) is 0 Å². The van der Waals surface area contributed by atoms with Gasteiger partial charge in [-0.25, -0.2) is 13.1 Å². The molecule has 0 aliphatic carbocycles. The van der Waals surface area contributed by atoms with Crippen molar-refractivity contribution >= 4 is 10.0 Å². The number of hydrogen-bond acceptors (Lipinski definition) is 5. The highest BCUT2D eigenvalue weighted by Crippen LogP contribution is 2.25. The second-order valence-electron chi connectivity index (χ2n) is 3.85. The van der Waals surface area contributed by atoms with Gasteiger partial charge in [-0.1, -0.05) is 6.07 Å². The van der Waals surface area contributed by atoms with E-state index >= 15 is 0 Å². The molecule has 102 valence electrons. The summed E-state index contributed by atoms with van der Waals surface area (Å²) in [5.41, 5.74) is 0.896. The number of phenols is 1. The smallest absolute Gasteiger partial charge is 0.208 e. The number of methoxy groups -OCH3 is 1. The molecule has 0 saturated carbocycles. The third-order valence-electron chi connectivity index (χ3n) is 2.24. The lowest BCUT2D eigenvalue weighted by Crippen LogP contribution is -2.30. The summed E-state index contributed by atoms with van der Waals surface area (Å²) in [7, 11) is -1.64. The van der Waals surface area contributed by atoms with Gasteiger partial charge in [-0.3, -0.25) is 0 Å². The van der Waals surface area contributed by atoms with E-state index in [-0.39, 0.29) is 5.75 Å². The van der Waals surface area contributed by atoms with E-state index in [9.17, 15) is 13.5 Å². The number of phenolic OH excluding ortho intramolecular Hbond substituents is 1. The van der Waals surface area contributed by atoms with Crippen LogP contribution in [0.1, 0.15) is 5.56 Å². The Morgan fingerprint density at radius 1 is 1.33 bits per heavy atom. The Bertz CT molecular complexity index is 488. The van der Waals surface area contributed by atoms with Gasteiger partial charge in [0.1, 0.15) is 0 Å². The fourth-order valence-corrected chi connectivity index (χ4v) is 1.88. The number of ether oxygens (including phenoxy) is 1. The minimum atomic E-state index is -3.13. The molecule has 0 unspecified atom stereocenters. The molecule has 1 aromatic carbocycles. The highest BCUT2D eigenvalue weighted by molar-refractivity contribution is 7.88. The van der Waals surface area contributed by atoms with Crippen LogP contribution in [-0.4, -0.2) is 40.0 Å². The Morgan fingerprint density at radius 3 is 2.61 bits per heavy atom. The summed E-state index contributed by atoms with van der Waals surface area (Å²) >= 11 is 0. The maximum atomic E-state index is 10.8. The quantitative estimate of drug-likeness (QED) is 0.611. The van der Waals surface area contributed by atoms with Gasteiger partial charge in [-0.2, -0.15) is 0 Å². The molecule has 3 N–H and O–H groups in total. The lowest BCUT2D eigenvalue weighted by Gasteiger charge is -2.08. The molecule has 1 aromatic rings. The molecule has 0 aliphatic heterocycles. The summed E-state index contributed by atoms with van der Waals surface area (Å²) in [6.07, 6.45) is 1.12. The van der Waals surface area contributed by atoms with Crippen molar-refractivity contribution in [2.75, 3.05) is 26.5 Å². The van der Waals surface area contributed by atoms with Gasteiger partial charge in [0.25, 0.3) is 0 Å². The van der Waals surface area contributed by atoms with Gasteiger partial charge in [0, 0.05) is 19.6 Å². The predicted octanol–water partition coefficient (Wildman–Crippen LogP) is 0.0396. The summed E-state index contributed by atoms with van der Waals surface area (Å²) in [6, 6.07) is 5.12. The van der Waals surface area contributed by atoms with Crippen molar-refractivity contribution in [2.24, 2.45) is 0 Å². The minimum Gasteiger partial charge on any atom is -0.504 e. The summed E-state index contributed by atoms with van der Waals surface area (Å²) in [5.74, 6) is 0.517. The zero-order chi connectivity index (χ0) is 13.6. The molecule has 0 spiro atoms. The first kappa shape index (κ1) is 14.7. The Morgan fingerprint density at radius 2 is 2.06 bits per heavy atom. The van der Waals surface area contributed by atoms with Gasteiger partial charge in [-0.05, 0) is 17.7 Å². The van der Waals surface area contributed by atoms with Crippen molar-refractivity contribution in [1.29, 1.82) is 0 Å². The van der Waals surface area contributed by atoms with Gasteiger partial charge in [0.15, 0.2) is 11.5 Å². The molecular formula is C11H18N2O4S. The average molecular weight is 274 g/mol. The maximum Gasteiger partial charge on any atom is 0.208 e. The van der Waals surface area contributed by atoms with Crippen LogP contribution < -0.4 is 14.8 Å². The predicted molar refractivity (Wildman–Crippen MR) is 69.2 cm³/mol. The van der Waals surface area contributed by atoms with Gasteiger partial charge in [0.2, 0.25) is 10.0 Å². The maximum absolute atomic E-state index is 10.8. The fraction of sp³-hybridized carbons (Fsp3) is 0.455. The molecular weight excluding hydrogens is 256 g/mol. The summed E-state index contributed by atoms with van der Waals surface area (Å²) < 4.78 is 28.9. The molecule has 0 bridgehead atoms. The van der Waals surface area contributed by atoms with Gasteiger partial charge < -0.3 is 15.2 Å². The minimum absolute atomic E-state index is 0.0889. The number of benzene rings is 1. The molecule has 0 aromatic heterocycles. The van der Waals surface area contributed by atoms with Crippen LogP contribution in [0.5, 0.6) is 11.5 Å². The normalized spacial score (nSPS) is 11.4. The van der Waals surface area contributed by atoms with E-state index in [1.54, 1.807) is 12.1 Å². The Hall–Kier alpha value is -1.31. The second-order valence-corrected chi connectivity index (χ2v) is 5.68. The van der Waals surface area contributed by atoms with Gasteiger partial charge >= 0.3 is 0 Å². The van der Waals surface area contributed by atoms with Crippen molar-refractivity contribution in [3.05, 3.63) is 23.8 Å². The van der Waals surface area contributed by atoms with Crippen LogP contribution in [-0.2, 0) is 16.6 Å². The Labute approximate surface area is 107 Å². The molecule has 0 amide bonds. The second kappa shape index (κ2) is 6.58. The molecule has 18 heavy (non-hydrogen) atoms. The SMILES string of the molecule is COc1ccc(CNCCNS(C)(=O)=O)cc1O. The Balaban J connectivity index is 2.34. The molecule has 6 nitrogen and oxygen atoms in total. The molecule has 7 heteroatoms. The number of sulfonamides is 1. The molecule has 0 atom stereocenters. The van der Waals surface area contributed by atoms with E-state index in [1.807, 2.05) is 6.07 Å². The van der Waals surface area contributed by atoms with Gasteiger partial charge in [-0.15, -0.1) is 0 Å². The number of nitrogens with one attached hydrogen (secondary N) is 2. The lowest BCUT2D eigenvalue weighted by atomic mass is 10.2. The third kappa shape index (κ3) is 5.35. The zero-order valence-corrected chi connectivity index (χ0v) is 11.3. The zero-order valence-electron chi connectivity index (χ0n) is 10.4. The third-order valence-corrected chi connectivity index (χ3v) is 2.97. The standard InChI is InChI=1S/C11H18N2O4S/c1-17-11-4-3-9(7-10(11)14)8-12-5-6-13-18(2,15)16/h3-4,7,12-14H,5-6,8H2,1-2H3. The van der Waals surface area contributed by atoms with E-state index in [0.29, 0.717) is 25.4 Å². The largest absolute Gasteiger partial charge is 0.504 e. The van der Waals surface area contributed by atoms with Crippen molar-refractivity contribution in [2.45, 2.75) is 6.54 Å². The van der Waals surface area contributed by atoms with Crippen LogP contribution in [0.15, 0.2) is 18.2 Å². The van der Waals surface area contributed by atoms with Crippen LogP contribution in [0, 0.1) is 0 Å². The molecule has 0 radical (unpaired) electrons. The molecule has 0 aliphatic rings. The number of aromatic hydroxyl groups is 1. The monoisotopic (exact) mass is 274 g/mol. The number of hydrogen-bond donors (Lipinski definition) is 3. The van der Waals surface area contributed by atoms with Crippen molar-refractivity contribution < 1.29 is 18.3 Å². The van der Waals surface area contributed by atoms with E-state index < -0.39 is 10.0 Å². The first-order valence-electron chi connectivity index (χ1n) is 5.43.